The molecule has 4 saturated carbocycles. The van der Waals surface area contributed by atoms with E-state index in [9.17, 15) is 9.59 Å². The fraction of sp³-hybridized carbons (Fsp3) is 0.900. The van der Waals surface area contributed by atoms with Crippen LogP contribution in [0.4, 0.5) is 0 Å². The van der Waals surface area contributed by atoms with Gasteiger partial charge in [-0.15, -0.1) is 0 Å². The standard InChI is InChI=1S/C20H28O6/c21-17(25-10-15-1-3-23-15)19-6-13-5-14(7-19)9-20(8-13,12-19)18(22)26-11-16-2-4-24-16/h13-16H,1-12H2. The quantitative estimate of drug-likeness (QED) is 0.673. The van der Waals surface area contributed by atoms with E-state index in [1.807, 2.05) is 0 Å². The number of carbonyl (C=O) groups is 2. The van der Waals surface area contributed by atoms with E-state index >= 15 is 0 Å². The Labute approximate surface area is 153 Å². The van der Waals surface area contributed by atoms with Crippen LogP contribution in [0.25, 0.3) is 0 Å². The molecule has 0 radical (unpaired) electrons. The van der Waals surface area contributed by atoms with Gasteiger partial charge in [0.25, 0.3) is 0 Å². The summed E-state index contributed by atoms with van der Waals surface area (Å²) >= 11 is 0. The van der Waals surface area contributed by atoms with Gasteiger partial charge in [-0.25, -0.2) is 0 Å². The highest BCUT2D eigenvalue weighted by Crippen LogP contribution is 2.66. The third-order valence-electron chi connectivity index (χ3n) is 7.31. The van der Waals surface area contributed by atoms with Crippen molar-refractivity contribution in [3.63, 3.8) is 0 Å². The van der Waals surface area contributed by atoms with Crippen LogP contribution in [0.3, 0.4) is 0 Å². The van der Waals surface area contributed by atoms with E-state index in [4.69, 9.17) is 18.9 Å². The molecule has 2 heterocycles. The second kappa shape index (κ2) is 6.20. The molecule has 6 nitrogen and oxygen atoms in total. The minimum absolute atomic E-state index is 0.0641. The van der Waals surface area contributed by atoms with E-state index in [1.165, 1.54) is 0 Å². The normalized spacial score (nSPS) is 45.5. The first kappa shape index (κ1) is 17.0. The first-order valence-electron chi connectivity index (χ1n) is 10.1. The van der Waals surface area contributed by atoms with E-state index in [1.54, 1.807) is 0 Å². The topological polar surface area (TPSA) is 71.1 Å². The average molecular weight is 364 g/mol. The Morgan fingerprint density at radius 1 is 0.808 bits per heavy atom. The molecule has 6 rings (SSSR count). The molecule has 2 unspecified atom stereocenters. The lowest BCUT2D eigenvalue weighted by Gasteiger charge is -2.59. The van der Waals surface area contributed by atoms with Crippen molar-refractivity contribution in [3.05, 3.63) is 0 Å². The highest BCUT2D eigenvalue weighted by atomic mass is 16.6. The number of esters is 2. The summed E-state index contributed by atoms with van der Waals surface area (Å²) in [6, 6.07) is 0. The summed E-state index contributed by atoms with van der Waals surface area (Å²) in [5.74, 6) is 0.663. The number of hydrogen-bond acceptors (Lipinski definition) is 6. The van der Waals surface area contributed by atoms with E-state index < -0.39 is 10.8 Å². The van der Waals surface area contributed by atoms with Crippen molar-refractivity contribution in [2.24, 2.45) is 22.7 Å². The third kappa shape index (κ3) is 2.76. The van der Waals surface area contributed by atoms with Crippen molar-refractivity contribution in [2.75, 3.05) is 26.4 Å². The van der Waals surface area contributed by atoms with Gasteiger partial charge in [0.1, 0.15) is 13.2 Å². The lowest BCUT2D eigenvalue weighted by atomic mass is 9.44. The van der Waals surface area contributed by atoms with Crippen LogP contribution in [-0.4, -0.2) is 50.6 Å². The monoisotopic (exact) mass is 364 g/mol. The van der Waals surface area contributed by atoms with Gasteiger partial charge < -0.3 is 18.9 Å². The first-order valence-corrected chi connectivity index (χ1v) is 10.1. The molecule has 0 spiro atoms. The lowest BCUT2D eigenvalue weighted by molar-refractivity contribution is -0.201. The van der Waals surface area contributed by atoms with Gasteiger partial charge >= 0.3 is 11.9 Å². The molecule has 0 aromatic heterocycles. The van der Waals surface area contributed by atoms with Gasteiger partial charge in [-0.1, -0.05) is 0 Å². The van der Waals surface area contributed by atoms with E-state index in [-0.39, 0.29) is 24.1 Å². The maximum Gasteiger partial charge on any atom is 0.312 e. The second-order valence-electron chi connectivity index (χ2n) is 9.28. The van der Waals surface area contributed by atoms with Gasteiger partial charge in [-0.2, -0.15) is 0 Å². The third-order valence-corrected chi connectivity index (χ3v) is 7.31. The predicted octanol–water partition coefficient (Wildman–Crippen LogP) is 2.24. The van der Waals surface area contributed by atoms with Crippen molar-refractivity contribution < 1.29 is 28.5 Å². The van der Waals surface area contributed by atoms with Crippen molar-refractivity contribution in [1.29, 1.82) is 0 Å². The minimum atomic E-state index is -0.486. The molecule has 2 atom stereocenters. The van der Waals surface area contributed by atoms with Crippen molar-refractivity contribution >= 4 is 11.9 Å². The Balaban J connectivity index is 1.28. The van der Waals surface area contributed by atoms with Crippen LogP contribution in [-0.2, 0) is 28.5 Å². The van der Waals surface area contributed by atoms with Crippen LogP contribution in [0.1, 0.15) is 51.4 Å². The number of ether oxygens (including phenoxy) is 4. The average Bonchev–Trinajstić information content (AvgIpc) is 2.50. The summed E-state index contributed by atoms with van der Waals surface area (Å²) in [6.07, 6.45) is 7.27. The Kier molecular flexibility index (Phi) is 4.05. The van der Waals surface area contributed by atoms with Crippen LogP contribution >= 0.6 is 0 Å². The molecule has 0 N–H and O–H groups in total. The Morgan fingerprint density at radius 2 is 1.23 bits per heavy atom. The smallest absolute Gasteiger partial charge is 0.312 e. The summed E-state index contributed by atoms with van der Waals surface area (Å²) in [6.45, 7) is 2.23. The number of hydrogen-bond donors (Lipinski definition) is 0. The van der Waals surface area contributed by atoms with Gasteiger partial charge in [0, 0.05) is 26.1 Å². The van der Waals surface area contributed by atoms with Crippen molar-refractivity contribution in [1.82, 2.24) is 0 Å². The van der Waals surface area contributed by atoms with Crippen molar-refractivity contribution in [3.8, 4) is 0 Å². The van der Waals surface area contributed by atoms with Crippen LogP contribution in [0, 0.1) is 22.7 Å². The molecule has 144 valence electrons. The molecule has 2 saturated heterocycles. The number of rotatable bonds is 6. The van der Waals surface area contributed by atoms with E-state index in [0.717, 1.165) is 58.2 Å². The summed E-state index contributed by atoms with van der Waals surface area (Å²) in [5.41, 5.74) is -0.973. The molecule has 4 bridgehead atoms. The summed E-state index contributed by atoms with van der Waals surface area (Å²) in [7, 11) is 0. The molecule has 0 aromatic rings. The zero-order valence-corrected chi connectivity index (χ0v) is 15.2. The Morgan fingerprint density at radius 3 is 1.58 bits per heavy atom. The summed E-state index contributed by atoms with van der Waals surface area (Å²) in [5, 5.41) is 0. The molecule has 6 heteroatoms. The van der Waals surface area contributed by atoms with Crippen LogP contribution in [0.15, 0.2) is 0 Å². The maximum atomic E-state index is 13.0. The van der Waals surface area contributed by atoms with E-state index in [0.29, 0.717) is 31.5 Å². The fourth-order valence-corrected chi connectivity index (χ4v) is 6.22. The van der Waals surface area contributed by atoms with Crippen LogP contribution in [0.2, 0.25) is 0 Å². The predicted molar refractivity (Wildman–Crippen MR) is 90.2 cm³/mol. The van der Waals surface area contributed by atoms with Crippen LogP contribution in [0.5, 0.6) is 0 Å². The zero-order valence-electron chi connectivity index (χ0n) is 15.2. The van der Waals surface area contributed by atoms with E-state index in [2.05, 4.69) is 0 Å². The zero-order chi connectivity index (χ0) is 17.8. The minimum Gasteiger partial charge on any atom is -0.463 e. The Bertz CT molecular complexity index is 531. The van der Waals surface area contributed by atoms with Gasteiger partial charge in [0.05, 0.1) is 23.0 Å². The maximum absolute atomic E-state index is 13.0. The highest BCUT2D eigenvalue weighted by Gasteiger charge is 2.64. The Hall–Kier alpha value is -1.14. The lowest BCUT2D eigenvalue weighted by Crippen LogP contribution is -2.58. The molecule has 2 aliphatic heterocycles. The molecule has 26 heavy (non-hydrogen) atoms. The van der Waals surface area contributed by atoms with Gasteiger partial charge in [-0.05, 0) is 50.4 Å². The molecular formula is C20H28O6. The second-order valence-corrected chi connectivity index (χ2v) is 9.28. The molecule has 4 aliphatic carbocycles. The van der Waals surface area contributed by atoms with Gasteiger partial charge in [0.2, 0.25) is 0 Å². The molecule has 0 aromatic carbocycles. The molecule has 6 fully saturated rings. The molecular weight excluding hydrogens is 336 g/mol. The number of carbonyl (C=O) groups excluding carboxylic acids is 2. The largest absolute Gasteiger partial charge is 0.463 e. The van der Waals surface area contributed by atoms with Crippen LogP contribution < -0.4 is 0 Å². The van der Waals surface area contributed by atoms with Gasteiger partial charge in [0.15, 0.2) is 0 Å². The summed E-state index contributed by atoms with van der Waals surface area (Å²) in [4.78, 5) is 26.0. The molecule has 0 amide bonds. The SMILES string of the molecule is O=C(OCC1CCO1)C12CC3CC(C1)CC(C(=O)OCC1CCO1)(C3)C2. The van der Waals surface area contributed by atoms with Gasteiger partial charge in [-0.3, -0.25) is 9.59 Å². The summed E-state index contributed by atoms with van der Waals surface area (Å²) < 4.78 is 22.0. The first-order chi connectivity index (χ1) is 12.6. The molecule has 6 aliphatic rings. The fourth-order valence-electron chi connectivity index (χ4n) is 6.22. The van der Waals surface area contributed by atoms with Crippen molar-refractivity contribution in [2.45, 2.75) is 63.6 Å². The highest BCUT2D eigenvalue weighted by molar-refractivity contribution is 5.83.